The molecule has 0 spiro atoms. The fourth-order valence-electron chi connectivity index (χ4n) is 0.978. The van der Waals surface area contributed by atoms with E-state index in [4.69, 9.17) is 5.11 Å². The topological polar surface area (TPSA) is 78.4 Å². The predicted molar refractivity (Wildman–Crippen MR) is 57.2 cm³/mol. The van der Waals surface area contributed by atoms with Crippen LogP contribution in [0.15, 0.2) is 0 Å². The molecule has 0 rings (SSSR count). The van der Waals surface area contributed by atoms with Crippen LogP contribution in [0.4, 0.5) is 0 Å². The summed E-state index contributed by atoms with van der Waals surface area (Å²) in [6, 6.07) is 0. The first-order valence-corrected chi connectivity index (χ1v) is 5.32. The summed E-state index contributed by atoms with van der Waals surface area (Å²) in [5, 5.41) is 13.7. The molecule has 0 aliphatic carbocycles. The molecule has 3 N–H and O–H groups in total. The normalized spacial score (nSPS) is 11.9. The van der Waals surface area contributed by atoms with Crippen LogP contribution in [-0.4, -0.2) is 36.1 Å². The molecule has 0 aliphatic heterocycles. The van der Waals surface area contributed by atoms with E-state index in [1.165, 1.54) is 0 Å². The average Bonchev–Trinajstić information content (AvgIpc) is 2.20. The Morgan fingerprint density at radius 2 is 1.80 bits per heavy atom. The summed E-state index contributed by atoms with van der Waals surface area (Å²) in [5.74, 6) is -1.32. The fourth-order valence-corrected chi connectivity index (χ4v) is 0.978. The maximum atomic E-state index is 11.1. The Kier molecular flexibility index (Phi) is 7.62. The number of carbonyl (C=O) groups excluding carboxylic acids is 2. The Morgan fingerprint density at radius 1 is 1.20 bits per heavy atom. The first kappa shape index (κ1) is 13.9. The minimum Gasteiger partial charge on any atom is -0.392 e. The quantitative estimate of drug-likeness (QED) is 0.424. The summed E-state index contributed by atoms with van der Waals surface area (Å²) in [6.45, 7) is 4.23. The highest BCUT2D eigenvalue weighted by Gasteiger charge is 2.12. The van der Waals surface area contributed by atoms with Gasteiger partial charge >= 0.3 is 11.8 Å². The summed E-state index contributed by atoms with van der Waals surface area (Å²) in [7, 11) is 0. The van der Waals surface area contributed by atoms with Crippen molar-refractivity contribution >= 4 is 11.8 Å². The number of unbranched alkanes of at least 4 members (excludes halogenated alkanes) is 2. The van der Waals surface area contributed by atoms with Crippen molar-refractivity contribution in [2.45, 2.75) is 39.2 Å². The average molecular weight is 216 g/mol. The largest absolute Gasteiger partial charge is 0.392 e. The van der Waals surface area contributed by atoms with Crippen LogP contribution in [0, 0.1) is 0 Å². The zero-order valence-electron chi connectivity index (χ0n) is 9.38. The lowest BCUT2D eigenvalue weighted by atomic mass is 10.2. The van der Waals surface area contributed by atoms with Gasteiger partial charge in [0.15, 0.2) is 0 Å². The van der Waals surface area contributed by atoms with E-state index in [9.17, 15) is 9.59 Å². The molecule has 0 fully saturated rings. The second kappa shape index (κ2) is 8.23. The minimum atomic E-state index is -0.688. The van der Waals surface area contributed by atoms with E-state index in [-0.39, 0.29) is 6.54 Å². The molecule has 5 heteroatoms. The van der Waals surface area contributed by atoms with Crippen molar-refractivity contribution in [2.75, 3.05) is 13.1 Å². The molecule has 1 atom stereocenters. The van der Waals surface area contributed by atoms with E-state index in [0.717, 1.165) is 19.3 Å². The predicted octanol–water partition coefficient (Wildman–Crippen LogP) is -0.210. The molecule has 0 bridgehead atoms. The van der Waals surface area contributed by atoms with E-state index >= 15 is 0 Å². The van der Waals surface area contributed by atoms with Gasteiger partial charge in [-0.15, -0.1) is 0 Å². The third-order valence-corrected chi connectivity index (χ3v) is 1.83. The number of nitrogens with one attached hydrogen (secondary N) is 2. The Morgan fingerprint density at radius 3 is 2.33 bits per heavy atom. The summed E-state index contributed by atoms with van der Waals surface area (Å²) in [5.41, 5.74) is 0. The van der Waals surface area contributed by atoms with Crippen LogP contribution in [-0.2, 0) is 9.59 Å². The van der Waals surface area contributed by atoms with Crippen LogP contribution in [0.2, 0.25) is 0 Å². The molecule has 15 heavy (non-hydrogen) atoms. The van der Waals surface area contributed by atoms with Crippen LogP contribution < -0.4 is 10.6 Å². The summed E-state index contributed by atoms with van der Waals surface area (Å²) in [6.07, 6.45) is 2.35. The zero-order chi connectivity index (χ0) is 11.7. The lowest BCUT2D eigenvalue weighted by Crippen LogP contribution is -2.42. The van der Waals surface area contributed by atoms with Gasteiger partial charge < -0.3 is 15.7 Å². The van der Waals surface area contributed by atoms with Gasteiger partial charge in [0, 0.05) is 13.1 Å². The number of hydrogen-bond donors (Lipinski definition) is 3. The van der Waals surface area contributed by atoms with Crippen molar-refractivity contribution in [3.63, 3.8) is 0 Å². The SMILES string of the molecule is CCCCCNC(=O)C(=O)NC[C@H](C)O. The molecule has 0 saturated carbocycles. The third-order valence-electron chi connectivity index (χ3n) is 1.83. The van der Waals surface area contributed by atoms with Crippen molar-refractivity contribution in [2.24, 2.45) is 0 Å². The molecule has 0 aromatic carbocycles. The summed E-state index contributed by atoms with van der Waals surface area (Å²) < 4.78 is 0. The lowest BCUT2D eigenvalue weighted by molar-refractivity contribution is -0.139. The first-order chi connectivity index (χ1) is 7.07. The van der Waals surface area contributed by atoms with Gasteiger partial charge in [-0.05, 0) is 13.3 Å². The number of aliphatic hydroxyl groups excluding tert-OH is 1. The highest BCUT2D eigenvalue weighted by molar-refractivity contribution is 6.35. The standard InChI is InChI=1S/C10H20N2O3/c1-3-4-5-6-11-9(14)10(15)12-7-8(2)13/h8,13H,3-7H2,1-2H3,(H,11,14)(H,12,15)/t8-/m0/s1. The van der Waals surface area contributed by atoms with Crippen molar-refractivity contribution in [1.29, 1.82) is 0 Å². The number of rotatable bonds is 6. The lowest BCUT2D eigenvalue weighted by Gasteiger charge is -2.07. The first-order valence-electron chi connectivity index (χ1n) is 5.32. The number of aliphatic hydroxyl groups is 1. The molecule has 5 nitrogen and oxygen atoms in total. The molecule has 0 aromatic heterocycles. The Bertz CT molecular complexity index is 205. The fraction of sp³-hybridized carbons (Fsp3) is 0.800. The van der Waals surface area contributed by atoms with Crippen molar-refractivity contribution in [1.82, 2.24) is 10.6 Å². The van der Waals surface area contributed by atoms with Gasteiger partial charge in [0.05, 0.1) is 6.10 Å². The second-order valence-corrected chi connectivity index (χ2v) is 3.52. The van der Waals surface area contributed by atoms with Crippen LogP contribution in [0.1, 0.15) is 33.1 Å². The van der Waals surface area contributed by atoms with Crippen LogP contribution >= 0.6 is 0 Å². The van der Waals surface area contributed by atoms with Gasteiger partial charge in [0.25, 0.3) is 0 Å². The minimum absolute atomic E-state index is 0.0984. The molecule has 2 amide bonds. The van der Waals surface area contributed by atoms with Gasteiger partial charge in [-0.3, -0.25) is 9.59 Å². The molecule has 0 aliphatic rings. The smallest absolute Gasteiger partial charge is 0.309 e. The summed E-state index contributed by atoms with van der Waals surface area (Å²) in [4.78, 5) is 22.2. The van der Waals surface area contributed by atoms with E-state index in [1.807, 2.05) is 0 Å². The summed E-state index contributed by atoms with van der Waals surface area (Å²) >= 11 is 0. The van der Waals surface area contributed by atoms with Crippen molar-refractivity contribution in [3.05, 3.63) is 0 Å². The van der Waals surface area contributed by atoms with E-state index < -0.39 is 17.9 Å². The molecule has 0 aromatic rings. The zero-order valence-corrected chi connectivity index (χ0v) is 9.38. The Balaban J connectivity index is 3.56. The van der Waals surface area contributed by atoms with Gasteiger partial charge in [-0.25, -0.2) is 0 Å². The van der Waals surface area contributed by atoms with Crippen LogP contribution in [0.5, 0.6) is 0 Å². The van der Waals surface area contributed by atoms with Gasteiger partial charge in [0.1, 0.15) is 0 Å². The maximum absolute atomic E-state index is 11.1. The Labute approximate surface area is 90.2 Å². The molecule has 0 heterocycles. The van der Waals surface area contributed by atoms with Gasteiger partial charge in [-0.2, -0.15) is 0 Å². The van der Waals surface area contributed by atoms with E-state index in [1.54, 1.807) is 6.92 Å². The number of amides is 2. The number of carbonyl (C=O) groups is 2. The molecule has 0 saturated heterocycles. The molecule has 0 radical (unpaired) electrons. The second-order valence-electron chi connectivity index (χ2n) is 3.52. The molecular formula is C10H20N2O3. The van der Waals surface area contributed by atoms with E-state index in [0.29, 0.717) is 6.54 Å². The maximum Gasteiger partial charge on any atom is 0.309 e. The molecular weight excluding hydrogens is 196 g/mol. The highest BCUT2D eigenvalue weighted by atomic mass is 16.3. The van der Waals surface area contributed by atoms with Gasteiger partial charge in [0.2, 0.25) is 0 Å². The molecule has 0 unspecified atom stereocenters. The van der Waals surface area contributed by atoms with Crippen LogP contribution in [0.25, 0.3) is 0 Å². The van der Waals surface area contributed by atoms with Crippen molar-refractivity contribution < 1.29 is 14.7 Å². The highest BCUT2D eigenvalue weighted by Crippen LogP contribution is 1.90. The monoisotopic (exact) mass is 216 g/mol. The van der Waals surface area contributed by atoms with E-state index in [2.05, 4.69) is 17.6 Å². The third kappa shape index (κ3) is 7.93. The van der Waals surface area contributed by atoms with Crippen LogP contribution in [0.3, 0.4) is 0 Å². The Hall–Kier alpha value is -1.10. The molecule has 88 valence electrons. The van der Waals surface area contributed by atoms with Gasteiger partial charge in [-0.1, -0.05) is 19.8 Å². The van der Waals surface area contributed by atoms with Crippen molar-refractivity contribution in [3.8, 4) is 0 Å². The number of hydrogen-bond acceptors (Lipinski definition) is 3.